The third-order valence-electron chi connectivity index (χ3n) is 11.0. The molecule has 46 heavy (non-hydrogen) atoms. The molecule has 0 bridgehead atoms. The van der Waals surface area contributed by atoms with E-state index in [1.165, 1.54) is 5.57 Å². The number of aryl methyl sites for hydroxylation is 1. The molecule has 0 unspecified atom stereocenters. The fraction of sp³-hybridized carbons (Fsp3) is 0.514. The lowest BCUT2D eigenvalue weighted by Crippen LogP contribution is -2.43. The van der Waals surface area contributed by atoms with Crippen LogP contribution >= 0.6 is 0 Å². The molecule has 4 aromatic rings. The zero-order valence-electron chi connectivity index (χ0n) is 26.1. The van der Waals surface area contributed by atoms with Crippen LogP contribution < -0.4 is 14.4 Å². The average Bonchev–Trinajstić information content (AvgIpc) is 3.59. The summed E-state index contributed by atoms with van der Waals surface area (Å²) in [5.74, 6) is 0.0775. The van der Waals surface area contributed by atoms with Crippen molar-refractivity contribution in [1.29, 1.82) is 0 Å². The molecule has 0 saturated carbocycles. The van der Waals surface area contributed by atoms with Crippen molar-refractivity contribution in [1.82, 2.24) is 25.1 Å². The number of halogens is 2. The van der Waals surface area contributed by atoms with Gasteiger partial charge in [-0.05, 0) is 80.7 Å². The second kappa shape index (κ2) is 10.6. The summed E-state index contributed by atoms with van der Waals surface area (Å²) in [6.07, 6.45) is 6.59. The standard InChI is InChI=1S/C35H38F2N6O3/c1-19-14-35(8-4-9-42(35)15-19)18-46-34-38-31-29-25(45-17-22-16-44-11-5-10-43(22)33(29)39-34)13-23(30(31)36)27-26-20(2)6-3-7-21(26)12-24-28(27)32(37)41-40-24/h12-13,20,22H,1,3-11,14-18H2,2H3,(H,40,41)/t20-,22+,35+/m1/s1. The Hall–Kier alpha value is -3.83. The molecule has 2 aromatic heterocycles. The highest BCUT2D eigenvalue weighted by Crippen LogP contribution is 2.49. The predicted molar refractivity (Wildman–Crippen MR) is 171 cm³/mol. The molecule has 0 radical (unpaired) electrons. The van der Waals surface area contributed by atoms with Crippen LogP contribution in [0.3, 0.4) is 0 Å². The summed E-state index contributed by atoms with van der Waals surface area (Å²) in [5.41, 5.74) is 4.51. The Morgan fingerprint density at radius 1 is 1.13 bits per heavy atom. The van der Waals surface area contributed by atoms with Crippen molar-refractivity contribution in [3.8, 4) is 22.9 Å². The zero-order chi connectivity index (χ0) is 31.2. The van der Waals surface area contributed by atoms with E-state index < -0.39 is 11.8 Å². The van der Waals surface area contributed by atoms with Crippen LogP contribution in [0.1, 0.15) is 62.5 Å². The molecule has 2 aromatic carbocycles. The summed E-state index contributed by atoms with van der Waals surface area (Å²) >= 11 is 0. The minimum atomic E-state index is -0.576. The lowest BCUT2D eigenvalue weighted by Gasteiger charge is -2.31. The topological polar surface area (TPSA) is 88.6 Å². The largest absolute Gasteiger partial charge is 0.490 e. The molecule has 240 valence electrons. The van der Waals surface area contributed by atoms with E-state index in [9.17, 15) is 0 Å². The fourth-order valence-electron chi connectivity index (χ4n) is 8.86. The van der Waals surface area contributed by atoms with E-state index in [2.05, 4.69) is 33.5 Å². The monoisotopic (exact) mass is 628 g/mol. The molecule has 3 atom stereocenters. The first-order valence-corrected chi connectivity index (χ1v) is 16.7. The number of hydrogen-bond acceptors (Lipinski definition) is 8. The summed E-state index contributed by atoms with van der Waals surface area (Å²) in [6, 6.07) is 3.69. The van der Waals surface area contributed by atoms with E-state index in [1.54, 1.807) is 6.07 Å². The molecule has 9 nitrogen and oxygen atoms in total. The molecule has 3 saturated heterocycles. The van der Waals surface area contributed by atoms with E-state index in [0.717, 1.165) is 69.2 Å². The number of aromatic nitrogens is 4. The van der Waals surface area contributed by atoms with Crippen molar-refractivity contribution in [2.75, 3.05) is 51.0 Å². The first kappa shape index (κ1) is 28.4. The van der Waals surface area contributed by atoms with Crippen molar-refractivity contribution in [3.05, 3.63) is 47.2 Å². The molecular weight excluding hydrogens is 590 g/mol. The average molecular weight is 629 g/mol. The molecule has 5 aliphatic rings. The summed E-state index contributed by atoms with van der Waals surface area (Å²) in [6.45, 7) is 10.8. The molecule has 1 aliphatic carbocycles. The van der Waals surface area contributed by atoms with E-state index in [-0.39, 0.29) is 34.6 Å². The van der Waals surface area contributed by atoms with Gasteiger partial charge >= 0.3 is 6.01 Å². The Labute approximate surface area is 265 Å². The molecule has 0 spiro atoms. The fourth-order valence-corrected chi connectivity index (χ4v) is 8.86. The molecule has 1 N–H and O–H groups in total. The summed E-state index contributed by atoms with van der Waals surface area (Å²) in [7, 11) is 0. The van der Waals surface area contributed by atoms with E-state index >= 15 is 8.78 Å². The Morgan fingerprint density at radius 3 is 2.96 bits per heavy atom. The molecule has 4 aliphatic heterocycles. The van der Waals surface area contributed by atoms with Crippen molar-refractivity contribution in [3.63, 3.8) is 0 Å². The number of anilines is 1. The molecule has 9 rings (SSSR count). The minimum Gasteiger partial charge on any atom is -0.490 e. The molecule has 3 fully saturated rings. The van der Waals surface area contributed by atoms with Gasteiger partial charge in [-0.2, -0.15) is 19.5 Å². The quantitative estimate of drug-likeness (QED) is 0.273. The van der Waals surface area contributed by atoms with Crippen LogP contribution in [0.15, 0.2) is 24.3 Å². The smallest absolute Gasteiger partial charge is 0.319 e. The number of fused-ring (bicyclic) bond motifs is 5. The number of H-pyrrole nitrogens is 1. The van der Waals surface area contributed by atoms with Crippen LogP contribution in [0.25, 0.3) is 32.9 Å². The van der Waals surface area contributed by atoms with Gasteiger partial charge in [0.05, 0.1) is 34.5 Å². The van der Waals surface area contributed by atoms with Crippen molar-refractivity contribution in [2.45, 2.75) is 69.4 Å². The van der Waals surface area contributed by atoms with Gasteiger partial charge in [-0.1, -0.05) is 19.1 Å². The number of rotatable bonds is 4. The van der Waals surface area contributed by atoms with Crippen molar-refractivity contribution < 1.29 is 23.0 Å². The first-order chi connectivity index (χ1) is 22.4. The molecule has 0 amide bonds. The number of ether oxygens (including phenoxy) is 3. The van der Waals surface area contributed by atoms with Crippen LogP contribution in [-0.4, -0.2) is 82.7 Å². The third-order valence-corrected chi connectivity index (χ3v) is 11.0. The van der Waals surface area contributed by atoms with Crippen molar-refractivity contribution in [2.24, 2.45) is 0 Å². The normalized spacial score (nSPS) is 26.1. The Morgan fingerprint density at radius 2 is 2.04 bits per heavy atom. The SMILES string of the molecule is C=C1CN2CCC[C@@]2(COc2nc3c4c(cc(-c5c6c(cc7n[nH]c(F)c57)CCC[C@H]6C)c(F)c4n2)OC[C@@H]2COCCCN32)C1. The third kappa shape index (κ3) is 4.27. The van der Waals surface area contributed by atoms with Crippen LogP contribution in [-0.2, 0) is 11.2 Å². The van der Waals surface area contributed by atoms with Gasteiger partial charge in [0, 0.05) is 30.8 Å². The first-order valence-electron chi connectivity index (χ1n) is 16.7. The van der Waals surface area contributed by atoms with Crippen LogP contribution in [0, 0.1) is 11.8 Å². The van der Waals surface area contributed by atoms with Crippen molar-refractivity contribution >= 4 is 27.6 Å². The van der Waals surface area contributed by atoms with Gasteiger partial charge in [0.1, 0.15) is 30.3 Å². The molecular formula is C35H38F2N6O3. The molecule has 11 heteroatoms. The van der Waals surface area contributed by atoms with Crippen LogP contribution in [0.4, 0.5) is 14.6 Å². The summed E-state index contributed by atoms with van der Waals surface area (Å²) in [5, 5.41) is 7.56. The zero-order valence-corrected chi connectivity index (χ0v) is 26.1. The van der Waals surface area contributed by atoms with Gasteiger partial charge in [0.25, 0.3) is 0 Å². The van der Waals surface area contributed by atoms with Gasteiger partial charge in [0.15, 0.2) is 5.82 Å². The van der Waals surface area contributed by atoms with Crippen LogP contribution in [0.5, 0.6) is 11.8 Å². The van der Waals surface area contributed by atoms with Gasteiger partial charge in [-0.3, -0.25) is 10.00 Å². The maximum atomic E-state index is 17.3. The van der Waals surface area contributed by atoms with Gasteiger partial charge in [-0.25, -0.2) is 4.39 Å². The number of hydrogen-bond donors (Lipinski definition) is 1. The lowest BCUT2D eigenvalue weighted by molar-refractivity contribution is 0.108. The Balaban J connectivity index is 1.26. The van der Waals surface area contributed by atoms with E-state index in [0.29, 0.717) is 66.4 Å². The highest BCUT2D eigenvalue weighted by Gasteiger charge is 2.47. The lowest BCUT2D eigenvalue weighted by atomic mass is 9.78. The summed E-state index contributed by atoms with van der Waals surface area (Å²) < 4.78 is 51.7. The second-order valence-electron chi connectivity index (χ2n) is 13.9. The predicted octanol–water partition coefficient (Wildman–Crippen LogP) is 6.05. The van der Waals surface area contributed by atoms with Gasteiger partial charge in [-0.15, -0.1) is 0 Å². The highest BCUT2D eigenvalue weighted by atomic mass is 19.1. The van der Waals surface area contributed by atoms with Crippen LogP contribution in [0.2, 0.25) is 0 Å². The number of nitrogens with one attached hydrogen (secondary N) is 1. The summed E-state index contributed by atoms with van der Waals surface area (Å²) in [4.78, 5) is 14.4. The maximum Gasteiger partial charge on any atom is 0.319 e. The molecule has 6 heterocycles. The van der Waals surface area contributed by atoms with E-state index in [1.807, 2.05) is 6.07 Å². The highest BCUT2D eigenvalue weighted by molar-refractivity contribution is 6.04. The maximum absolute atomic E-state index is 17.3. The minimum absolute atomic E-state index is 0.114. The number of benzene rings is 2. The Bertz CT molecular complexity index is 1910. The van der Waals surface area contributed by atoms with E-state index in [4.69, 9.17) is 24.2 Å². The number of aromatic amines is 1. The second-order valence-corrected chi connectivity index (χ2v) is 13.9. The van der Waals surface area contributed by atoms with Gasteiger partial charge in [0.2, 0.25) is 5.95 Å². The number of nitrogens with zero attached hydrogens (tertiary/aromatic N) is 5. The van der Waals surface area contributed by atoms with Gasteiger partial charge < -0.3 is 19.1 Å². The Kier molecular flexibility index (Phi) is 6.54.